The molecule has 0 N–H and O–H groups in total. The van der Waals surface area contributed by atoms with E-state index in [9.17, 15) is 9.59 Å². The number of para-hydroxylation sites is 1. The van der Waals surface area contributed by atoms with Crippen LogP contribution in [0.3, 0.4) is 0 Å². The maximum absolute atomic E-state index is 12.6. The lowest BCUT2D eigenvalue weighted by molar-refractivity contribution is -0.155. The third-order valence-electron chi connectivity index (χ3n) is 3.83. The zero-order valence-electron chi connectivity index (χ0n) is 12.5. The summed E-state index contributed by atoms with van der Waals surface area (Å²) >= 11 is 3.35. The minimum absolute atomic E-state index is 0.183. The lowest BCUT2D eigenvalue weighted by Crippen LogP contribution is -2.52. The number of alkyl halides is 1. The quantitative estimate of drug-likeness (QED) is 0.357. The second-order valence-corrected chi connectivity index (χ2v) is 6.45. The molecule has 0 bridgehead atoms. The molecule has 1 heterocycles. The van der Waals surface area contributed by atoms with Gasteiger partial charge in [-0.1, -0.05) is 64.5 Å². The van der Waals surface area contributed by atoms with Crippen LogP contribution in [0, 0.1) is 0 Å². The molecule has 0 aliphatic carbocycles. The van der Waals surface area contributed by atoms with Crippen molar-refractivity contribution in [3.63, 3.8) is 0 Å². The molecule has 118 valence electrons. The molecule has 0 spiro atoms. The second kappa shape index (κ2) is 6.16. The van der Waals surface area contributed by atoms with Gasteiger partial charge in [-0.15, -0.1) is 0 Å². The maximum Gasteiger partial charge on any atom is 0.340 e. The van der Waals surface area contributed by atoms with Gasteiger partial charge in [-0.05, 0) is 18.6 Å². The summed E-state index contributed by atoms with van der Waals surface area (Å²) in [6.45, 7) is 1.89. The SMILES string of the molecule is CCOC(=O)C1(Br)C(=O)Oc2ccccc2C1c1ccccc1. The molecule has 1 aliphatic rings. The first-order valence-electron chi connectivity index (χ1n) is 7.31. The minimum Gasteiger partial charge on any atom is -0.464 e. The lowest BCUT2D eigenvalue weighted by atomic mass is 9.78. The monoisotopic (exact) mass is 374 g/mol. The summed E-state index contributed by atoms with van der Waals surface area (Å²) in [4.78, 5) is 25.2. The number of esters is 2. The highest BCUT2D eigenvalue weighted by molar-refractivity contribution is 9.10. The van der Waals surface area contributed by atoms with Gasteiger partial charge in [0, 0.05) is 11.5 Å². The third kappa shape index (κ3) is 2.55. The van der Waals surface area contributed by atoms with Crippen molar-refractivity contribution in [2.75, 3.05) is 6.61 Å². The fraction of sp³-hybridized carbons (Fsp3) is 0.222. The van der Waals surface area contributed by atoms with Crippen LogP contribution in [-0.4, -0.2) is 22.9 Å². The van der Waals surface area contributed by atoms with Gasteiger partial charge in [-0.25, -0.2) is 9.59 Å². The van der Waals surface area contributed by atoms with E-state index < -0.39 is 22.2 Å². The molecule has 2 atom stereocenters. The summed E-state index contributed by atoms with van der Waals surface area (Å²) in [6.07, 6.45) is 0. The van der Waals surface area contributed by atoms with Gasteiger partial charge in [-0.2, -0.15) is 0 Å². The number of fused-ring (bicyclic) bond motifs is 1. The highest BCUT2D eigenvalue weighted by Gasteiger charge is 2.57. The Labute approximate surface area is 142 Å². The Balaban J connectivity index is 2.22. The number of hydrogen-bond acceptors (Lipinski definition) is 4. The van der Waals surface area contributed by atoms with E-state index in [1.807, 2.05) is 42.5 Å². The molecule has 2 unspecified atom stereocenters. The van der Waals surface area contributed by atoms with Crippen molar-refractivity contribution >= 4 is 27.9 Å². The van der Waals surface area contributed by atoms with Gasteiger partial charge in [0.15, 0.2) is 0 Å². The molecular weight excluding hydrogens is 360 g/mol. The predicted octanol–water partition coefficient (Wildman–Crippen LogP) is 3.43. The number of hydrogen-bond donors (Lipinski definition) is 0. The standard InChI is InChI=1S/C18H15BrO4/c1-2-22-16(20)18(19)15(12-8-4-3-5-9-12)13-10-6-7-11-14(13)23-17(18)21/h3-11,15H,2H2,1H3. The first-order valence-corrected chi connectivity index (χ1v) is 8.10. The first kappa shape index (κ1) is 15.7. The van der Waals surface area contributed by atoms with Crippen LogP contribution in [0.1, 0.15) is 24.0 Å². The number of carbonyl (C=O) groups is 2. The molecule has 2 aromatic rings. The Morgan fingerprint density at radius 1 is 1.17 bits per heavy atom. The molecule has 1 aliphatic heterocycles. The van der Waals surface area contributed by atoms with Crippen LogP contribution in [0.15, 0.2) is 54.6 Å². The van der Waals surface area contributed by atoms with Gasteiger partial charge < -0.3 is 9.47 Å². The molecule has 0 fully saturated rings. The van der Waals surface area contributed by atoms with Crippen molar-refractivity contribution in [2.45, 2.75) is 17.2 Å². The van der Waals surface area contributed by atoms with Crippen LogP contribution < -0.4 is 4.74 Å². The minimum atomic E-state index is -1.60. The van der Waals surface area contributed by atoms with E-state index in [1.165, 1.54) is 0 Å². The Bertz CT molecular complexity index is 744. The molecule has 0 amide bonds. The molecule has 4 nitrogen and oxygen atoms in total. The van der Waals surface area contributed by atoms with E-state index in [1.54, 1.807) is 19.1 Å². The average molecular weight is 375 g/mol. The van der Waals surface area contributed by atoms with Crippen LogP contribution in [-0.2, 0) is 14.3 Å². The van der Waals surface area contributed by atoms with Crippen LogP contribution in [0.5, 0.6) is 5.75 Å². The smallest absolute Gasteiger partial charge is 0.340 e. The van der Waals surface area contributed by atoms with Gasteiger partial charge in [0.25, 0.3) is 0 Å². The van der Waals surface area contributed by atoms with E-state index in [-0.39, 0.29) is 6.61 Å². The zero-order chi connectivity index (χ0) is 16.4. The largest absolute Gasteiger partial charge is 0.464 e. The van der Waals surface area contributed by atoms with E-state index in [4.69, 9.17) is 9.47 Å². The third-order valence-corrected chi connectivity index (χ3v) is 4.94. The average Bonchev–Trinajstić information content (AvgIpc) is 2.57. The first-order chi connectivity index (χ1) is 11.1. The van der Waals surface area contributed by atoms with Gasteiger partial charge in [0.1, 0.15) is 5.75 Å². The molecule has 2 aromatic carbocycles. The van der Waals surface area contributed by atoms with Crippen molar-refractivity contribution in [1.82, 2.24) is 0 Å². The summed E-state index contributed by atoms with van der Waals surface area (Å²) in [6, 6.07) is 16.6. The Hall–Kier alpha value is -2.14. The Morgan fingerprint density at radius 3 is 2.52 bits per heavy atom. The van der Waals surface area contributed by atoms with Gasteiger partial charge in [-0.3, -0.25) is 0 Å². The molecule has 0 aromatic heterocycles. The van der Waals surface area contributed by atoms with Crippen molar-refractivity contribution in [3.8, 4) is 5.75 Å². The predicted molar refractivity (Wildman–Crippen MR) is 88.7 cm³/mol. The van der Waals surface area contributed by atoms with Crippen molar-refractivity contribution in [3.05, 3.63) is 65.7 Å². The molecular formula is C18H15BrO4. The van der Waals surface area contributed by atoms with Crippen LogP contribution >= 0.6 is 15.9 Å². The number of carbonyl (C=O) groups excluding carboxylic acids is 2. The molecule has 23 heavy (non-hydrogen) atoms. The van der Waals surface area contributed by atoms with Crippen LogP contribution in [0.4, 0.5) is 0 Å². The fourth-order valence-corrected chi connectivity index (χ4v) is 3.52. The van der Waals surface area contributed by atoms with E-state index in [0.29, 0.717) is 5.75 Å². The van der Waals surface area contributed by atoms with E-state index in [2.05, 4.69) is 15.9 Å². The fourth-order valence-electron chi connectivity index (χ4n) is 2.81. The van der Waals surface area contributed by atoms with E-state index in [0.717, 1.165) is 11.1 Å². The lowest BCUT2D eigenvalue weighted by Gasteiger charge is -2.36. The summed E-state index contributed by atoms with van der Waals surface area (Å²) in [5.41, 5.74) is 1.60. The van der Waals surface area contributed by atoms with Gasteiger partial charge >= 0.3 is 11.9 Å². The number of halogens is 1. The summed E-state index contributed by atoms with van der Waals surface area (Å²) < 4.78 is 8.92. The normalized spacial score (nSPS) is 22.9. The van der Waals surface area contributed by atoms with Crippen LogP contribution in [0.2, 0.25) is 0 Å². The second-order valence-electron chi connectivity index (χ2n) is 5.20. The molecule has 3 rings (SSSR count). The topological polar surface area (TPSA) is 52.6 Å². The Kier molecular flexibility index (Phi) is 4.22. The number of benzene rings is 2. The summed E-state index contributed by atoms with van der Waals surface area (Å²) in [5.74, 6) is -1.37. The highest BCUT2D eigenvalue weighted by atomic mass is 79.9. The summed E-state index contributed by atoms with van der Waals surface area (Å²) in [7, 11) is 0. The van der Waals surface area contributed by atoms with Gasteiger partial charge in [0.05, 0.1) is 6.61 Å². The molecule has 0 radical (unpaired) electrons. The number of ether oxygens (including phenoxy) is 2. The summed E-state index contributed by atoms with van der Waals surface area (Å²) in [5, 5.41) is 0. The molecule has 0 saturated heterocycles. The van der Waals surface area contributed by atoms with Gasteiger partial charge in [0.2, 0.25) is 4.32 Å². The van der Waals surface area contributed by atoms with Crippen LogP contribution in [0.25, 0.3) is 0 Å². The highest BCUT2D eigenvalue weighted by Crippen LogP contribution is 2.49. The molecule has 0 saturated carbocycles. The maximum atomic E-state index is 12.6. The van der Waals surface area contributed by atoms with Crippen molar-refractivity contribution in [1.29, 1.82) is 0 Å². The zero-order valence-corrected chi connectivity index (χ0v) is 14.1. The number of rotatable bonds is 3. The molecule has 5 heteroatoms. The van der Waals surface area contributed by atoms with Crippen molar-refractivity contribution < 1.29 is 19.1 Å². The Morgan fingerprint density at radius 2 is 1.83 bits per heavy atom. The van der Waals surface area contributed by atoms with E-state index >= 15 is 0 Å². The van der Waals surface area contributed by atoms with Crippen molar-refractivity contribution in [2.24, 2.45) is 0 Å².